The third-order valence-corrected chi connectivity index (χ3v) is 1.26. The molecule has 0 saturated carbocycles. The molecule has 30 valence electrons. The molecule has 0 radical (unpaired) electrons. The first kappa shape index (κ1) is 3.87. The van der Waals surface area contributed by atoms with Crippen LogP contribution in [0.15, 0.2) is 11.7 Å². The van der Waals surface area contributed by atoms with E-state index in [-0.39, 0.29) is 0 Å². The summed E-state index contributed by atoms with van der Waals surface area (Å²) in [5.41, 5.74) is 1.83. The molecule has 1 rings (SSSR count). The molecule has 0 amide bonds. The summed E-state index contributed by atoms with van der Waals surface area (Å²) in [6.45, 7) is 0. The van der Waals surface area contributed by atoms with Gasteiger partial charge in [0, 0.05) is 6.20 Å². The van der Waals surface area contributed by atoms with Crippen LogP contribution in [0.5, 0.6) is 0 Å². The number of hydrogen-bond acceptors (Lipinski definition) is 2. The van der Waals surface area contributed by atoms with Crippen LogP contribution in [0.3, 0.4) is 0 Å². The van der Waals surface area contributed by atoms with Gasteiger partial charge in [-0.05, 0) is 4.78 Å². The third-order valence-electron chi connectivity index (χ3n) is 0.556. The monoisotopic (exact) mass is 97.0 g/mol. The Bertz CT molecular complexity index is 114. The van der Waals surface area contributed by atoms with Gasteiger partial charge in [-0.2, -0.15) is 0 Å². The van der Waals surface area contributed by atoms with Gasteiger partial charge < -0.3 is 0 Å². The molecule has 3 heteroatoms. The maximum Gasteiger partial charge on any atom is 0.154 e. The van der Waals surface area contributed by atoms with Gasteiger partial charge >= 0.3 is 0 Å². The lowest BCUT2D eigenvalue weighted by Gasteiger charge is -1.62. The fourth-order valence-electron chi connectivity index (χ4n) is 0.279. The van der Waals surface area contributed by atoms with Crippen LogP contribution < -0.4 is 4.78 Å². The van der Waals surface area contributed by atoms with Gasteiger partial charge in [-0.3, -0.25) is 4.98 Å². The molecule has 0 spiro atoms. The van der Waals surface area contributed by atoms with Crippen molar-refractivity contribution in [3.63, 3.8) is 0 Å². The summed E-state index contributed by atoms with van der Waals surface area (Å²) in [4.78, 5) is 3.84. The SMILES string of the molecule is Bc1cncs1. The molecule has 1 heterocycles. The molecule has 0 aliphatic rings. The molecule has 1 nitrogen and oxygen atoms in total. The van der Waals surface area contributed by atoms with Crippen LogP contribution in [0.25, 0.3) is 0 Å². The Morgan fingerprint density at radius 3 is 2.83 bits per heavy atom. The van der Waals surface area contributed by atoms with E-state index in [1.54, 1.807) is 11.3 Å². The van der Waals surface area contributed by atoms with Crippen molar-refractivity contribution in [2.45, 2.75) is 0 Å². The van der Waals surface area contributed by atoms with E-state index in [1.807, 2.05) is 19.6 Å². The number of nitrogens with zero attached hydrogens (tertiary/aromatic N) is 1. The van der Waals surface area contributed by atoms with Crippen molar-refractivity contribution in [2.24, 2.45) is 0 Å². The van der Waals surface area contributed by atoms with Crippen LogP contribution in [-0.2, 0) is 0 Å². The smallest absolute Gasteiger partial charge is 0.154 e. The molecule has 0 atom stereocenters. The molecule has 0 saturated heterocycles. The lowest BCUT2D eigenvalue weighted by atomic mass is 10.1. The zero-order valence-electron chi connectivity index (χ0n) is 3.51. The fraction of sp³-hybridized carbons (Fsp3) is 0. The molecule has 0 N–H and O–H groups in total. The van der Waals surface area contributed by atoms with Crippen LogP contribution in [0.4, 0.5) is 0 Å². The van der Waals surface area contributed by atoms with Crippen molar-refractivity contribution in [1.29, 1.82) is 0 Å². The van der Waals surface area contributed by atoms with Crippen molar-refractivity contribution in [3.8, 4) is 0 Å². The summed E-state index contributed by atoms with van der Waals surface area (Å²) >= 11 is 1.67. The zero-order valence-corrected chi connectivity index (χ0v) is 4.33. The largest absolute Gasteiger partial charge is 0.254 e. The van der Waals surface area contributed by atoms with Crippen molar-refractivity contribution in [3.05, 3.63) is 11.7 Å². The highest BCUT2D eigenvalue weighted by atomic mass is 32.1. The van der Waals surface area contributed by atoms with E-state index in [4.69, 9.17) is 0 Å². The highest BCUT2D eigenvalue weighted by Crippen LogP contribution is 1.81. The first-order valence-corrected chi connectivity index (χ1v) is 2.62. The Balaban J connectivity index is 3.05. The second-order valence-electron chi connectivity index (χ2n) is 1.11. The first-order chi connectivity index (χ1) is 2.89. The van der Waals surface area contributed by atoms with Crippen molar-refractivity contribution >= 4 is 24.0 Å². The van der Waals surface area contributed by atoms with Gasteiger partial charge in [0.05, 0.1) is 5.51 Å². The van der Waals surface area contributed by atoms with E-state index in [0.29, 0.717) is 0 Å². The molecule has 0 unspecified atom stereocenters. The predicted molar refractivity (Wildman–Crippen MR) is 30.3 cm³/mol. The van der Waals surface area contributed by atoms with Crippen LogP contribution >= 0.6 is 11.3 Å². The van der Waals surface area contributed by atoms with Gasteiger partial charge in [-0.25, -0.2) is 0 Å². The van der Waals surface area contributed by atoms with Gasteiger partial charge in [0.2, 0.25) is 0 Å². The topological polar surface area (TPSA) is 12.9 Å². The average Bonchev–Trinajstić information content (AvgIpc) is 1.86. The quantitative estimate of drug-likeness (QED) is 0.394. The van der Waals surface area contributed by atoms with Crippen LogP contribution in [-0.4, -0.2) is 12.8 Å². The molecule has 0 fully saturated rings. The fourth-order valence-corrected chi connectivity index (χ4v) is 0.689. The molecule has 0 aromatic carbocycles. The predicted octanol–water partition coefficient (Wildman–Crippen LogP) is -0.599. The van der Waals surface area contributed by atoms with E-state index in [0.717, 1.165) is 0 Å². The third kappa shape index (κ3) is 0.599. The molecule has 0 aliphatic carbocycles. The molecule has 1 aromatic rings. The van der Waals surface area contributed by atoms with Crippen LogP contribution in [0.1, 0.15) is 0 Å². The number of rotatable bonds is 0. The van der Waals surface area contributed by atoms with Gasteiger partial charge in [-0.1, -0.05) is 0 Å². The highest BCUT2D eigenvalue weighted by molar-refractivity contribution is 7.17. The molecular formula is C3H4BNS. The van der Waals surface area contributed by atoms with Gasteiger partial charge in [0.25, 0.3) is 0 Å². The number of aromatic nitrogens is 1. The van der Waals surface area contributed by atoms with Crippen molar-refractivity contribution < 1.29 is 0 Å². The Hall–Kier alpha value is -0.305. The molecule has 1 aromatic heterocycles. The first-order valence-electron chi connectivity index (χ1n) is 1.74. The summed E-state index contributed by atoms with van der Waals surface area (Å²) in [5.74, 6) is 0. The van der Waals surface area contributed by atoms with E-state index in [1.165, 1.54) is 4.78 Å². The summed E-state index contributed by atoms with van der Waals surface area (Å²) < 4.78 is 1.27. The lowest BCUT2D eigenvalue weighted by molar-refractivity contribution is 1.44. The summed E-state index contributed by atoms with van der Waals surface area (Å²) in [6.07, 6.45) is 1.85. The Labute approximate surface area is 41.4 Å². The van der Waals surface area contributed by atoms with Crippen LogP contribution in [0.2, 0.25) is 0 Å². The van der Waals surface area contributed by atoms with Gasteiger partial charge in [-0.15, -0.1) is 11.3 Å². The second kappa shape index (κ2) is 1.43. The van der Waals surface area contributed by atoms with Gasteiger partial charge in [0.15, 0.2) is 7.85 Å². The van der Waals surface area contributed by atoms with E-state index < -0.39 is 0 Å². The highest BCUT2D eigenvalue weighted by Gasteiger charge is 1.76. The Kier molecular flexibility index (Phi) is 0.923. The Morgan fingerprint density at radius 2 is 2.67 bits per heavy atom. The summed E-state index contributed by atoms with van der Waals surface area (Å²) in [6, 6.07) is 0. The standard InChI is InChI=1S/C3H4BNS/c4-3-1-5-2-6-3/h1-2H,4H2. The van der Waals surface area contributed by atoms with E-state index in [9.17, 15) is 0 Å². The maximum absolute atomic E-state index is 3.84. The minimum atomic E-state index is 1.27. The van der Waals surface area contributed by atoms with Gasteiger partial charge in [0.1, 0.15) is 0 Å². The minimum Gasteiger partial charge on any atom is -0.254 e. The summed E-state index contributed by atoms with van der Waals surface area (Å²) in [5, 5.41) is 0. The molecule has 6 heavy (non-hydrogen) atoms. The van der Waals surface area contributed by atoms with Crippen molar-refractivity contribution in [1.82, 2.24) is 4.98 Å². The van der Waals surface area contributed by atoms with E-state index >= 15 is 0 Å². The van der Waals surface area contributed by atoms with Crippen LogP contribution in [0, 0.1) is 0 Å². The number of thiazole rings is 1. The number of hydrogen-bond donors (Lipinski definition) is 0. The maximum atomic E-state index is 3.84. The molecule has 0 aliphatic heterocycles. The minimum absolute atomic E-state index is 1.27. The second-order valence-corrected chi connectivity index (χ2v) is 2.20. The Morgan fingerprint density at radius 1 is 1.83 bits per heavy atom. The zero-order chi connectivity index (χ0) is 4.41. The molecular weight excluding hydrogens is 92.9 g/mol. The van der Waals surface area contributed by atoms with Crippen molar-refractivity contribution in [2.75, 3.05) is 0 Å². The lowest BCUT2D eigenvalue weighted by Crippen LogP contribution is -1.89. The van der Waals surface area contributed by atoms with E-state index in [2.05, 4.69) is 4.98 Å². The summed E-state index contributed by atoms with van der Waals surface area (Å²) in [7, 11) is 2.04. The molecule has 0 bridgehead atoms. The average molecular weight is 97.0 g/mol. The normalized spacial score (nSPS) is 8.67.